The van der Waals surface area contributed by atoms with E-state index in [0.717, 1.165) is 10.9 Å². The Bertz CT molecular complexity index is 1280. The summed E-state index contributed by atoms with van der Waals surface area (Å²) < 4.78 is 28.2. The lowest BCUT2D eigenvalue weighted by molar-refractivity contribution is -0.129. The molecular formula is C22H19N3O4S. The lowest BCUT2D eigenvalue weighted by Gasteiger charge is -2.17. The SMILES string of the molecule is N#Cc1cccc(CN2CC[C@H](NS(=O)(=O)c3ccc4ccc(O)cc4c3)C2=O)c1. The maximum Gasteiger partial charge on any atom is 0.241 e. The monoisotopic (exact) mass is 421 g/mol. The van der Waals surface area contributed by atoms with E-state index < -0.39 is 16.1 Å². The Morgan fingerprint density at radius 2 is 1.90 bits per heavy atom. The summed E-state index contributed by atoms with van der Waals surface area (Å²) in [6.45, 7) is 0.746. The molecule has 1 aliphatic heterocycles. The van der Waals surface area contributed by atoms with Crippen LogP contribution in [0.15, 0.2) is 65.6 Å². The minimum atomic E-state index is -3.91. The van der Waals surface area contributed by atoms with Gasteiger partial charge in [0.1, 0.15) is 11.8 Å². The Kier molecular flexibility index (Phi) is 5.16. The molecule has 0 radical (unpaired) electrons. The molecule has 8 heteroatoms. The molecule has 1 fully saturated rings. The molecule has 7 nitrogen and oxygen atoms in total. The summed E-state index contributed by atoms with van der Waals surface area (Å²) >= 11 is 0. The maximum atomic E-state index is 12.8. The van der Waals surface area contributed by atoms with Gasteiger partial charge in [0.2, 0.25) is 15.9 Å². The van der Waals surface area contributed by atoms with Gasteiger partial charge in [0.15, 0.2) is 0 Å². The van der Waals surface area contributed by atoms with Crippen molar-refractivity contribution in [2.45, 2.75) is 23.9 Å². The normalized spacial score (nSPS) is 16.7. The first kappa shape index (κ1) is 19.9. The van der Waals surface area contributed by atoms with Gasteiger partial charge in [-0.25, -0.2) is 8.42 Å². The molecule has 0 saturated carbocycles. The quantitative estimate of drug-likeness (QED) is 0.658. The van der Waals surface area contributed by atoms with Gasteiger partial charge in [0.25, 0.3) is 0 Å². The third-order valence-electron chi connectivity index (χ3n) is 5.13. The van der Waals surface area contributed by atoms with Gasteiger partial charge in [-0.15, -0.1) is 0 Å². The first-order chi connectivity index (χ1) is 14.4. The fourth-order valence-corrected chi connectivity index (χ4v) is 4.86. The molecule has 152 valence electrons. The number of nitrogens with zero attached hydrogens (tertiary/aromatic N) is 2. The Labute approximate surface area is 174 Å². The number of carbonyl (C=O) groups excluding carboxylic acids is 1. The highest BCUT2D eigenvalue weighted by molar-refractivity contribution is 7.89. The lowest BCUT2D eigenvalue weighted by Crippen LogP contribution is -2.41. The highest BCUT2D eigenvalue weighted by atomic mass is 32.2. The van der Waals surface area contributed by atoms with Crippen molar-refractivity contribution in [2.24, 2.45) is 0 Å². The molecule has 2 N–H and O–H groups in total. The standard InChI is InChI=1S/C22H19N3O4S/c23-13-15-2-1-3-16(10-15)14-25-9-8-21(22(25)27)24-30(28,29)20-7-5-17-4-6-19(26)11-18(17)12-20/h1-7,10-12,21,24,26H,8-9,14H2/t21-/m0/s1. The van der Waals surface area contributed by atoms with E-state index in [4.69, 9.17) is 5.26 Å². The summed E-state index contributed by atoms with van der Waals surface area (Å²) in [5.74, 6) is -0.244. The number of hydrogen-bond donors (Lipinski definition) is 2. The van der Waals surface area contributed by atoms with Gasteiger partial charge >= 0.3 is 0 Å². The molecular weight excluding hydrogens is 402 g/mol. The average molecular weight is 421 g/mol. The van der Waals surface area contributed by atoms with Crippen LogP contribution in [0.1, 0.15) is 17.5 Å². The van der Waals surface area contributed by atoms with E-state index in [1.807, 2.05) is 6.07 Å². The predicted molar refractivity (Wildman–Crippen MR) is 111 cm³/mol. The minimum Gasteiger partial charge on any atom is -0.508 e. The highest BCUT2D eigenvalue weighted by Gasteiger charge is 2.35. The third kappa shape index (κ3) is 3.99. The second kappa shape index (κ2) is 7.78. The van der Waals surface area contributed by atoms with Crippen molar-refractivity contribution in [3.8, 4) is 11.8 Å². The average Bonchev–Trinajstić information content (AvgIpc) is 3.06. The topological polar surface area (TPSA) is 110 Å². The smallest absolute Gasteiger partial charge is 0.241 e. The summed E-state index contributed by atoms with van der Waals surface area (Å²) in [6.07, 6.45) is 0.365. The van der Waals surface area contributed by atoms with E-state index in [2.05, 4.69) is 10.8 Å². The zero-order chi connectivity index (χ0) is 21.3. The van der Waals surface area contributed by atoms with Crippen LogP contribution in [-0.4, -0.2) is 36.9 Å². The number of sulfonamides is 1. The van der Waals surface area contributed by atoms with Gasteiger partial charge in [-0.2, -0.15) is 9.98 Å². The number of fused-ring (bicyclic) bond motifs is 1. The molecule has 3 aromatic rings. The van der Waals surface area contributed by atoms with Gasteiger partial charge in [-0.1, -0.05) is 24.3 Å². The summed E-state index contributed by atoms with van der Waals surface area (Å²) in [5, 5.41) is 20.0. The number of amides is 1. The fourth-order valence-electron chi connectivity index (χ4n) is 3.60. The number of rotatable bonds is 5. The molecule has 4 rings (SSSR count). The zero-order valence-corrected chi connectivity index (χ0v) is 16.8. The number of nitriles is 1. The highest BCUT2D eigenvalue weighted by Crippen LogP contribution is 2.24. The summed E-state index contributed by atoms with van der Waals surface area (Å²) in [7, 11) is -3.91. The van der Waals surface area contributed by atoms with Gasteiger partial charge in [0, 0.05) is 13.1 Å². The van der Waals surface area contributed by atoms with Crippen molar-refractivity contribution in [3.05, 3.63) is 71.8 Å². The molecule has 1 amide bonds. The van der Waals surface area contributed by atoms with Crippen molar-refractivity contribution in [2.75, 3.05) is 6.54 Å². The number of phenolic OH excluding ortho intramolecular Hbond substituents is 1. The van der Waals surface area contributed by atoms with E-state index in [1.54, 1.807) is 35.2 Å². The second-order valence-electron chi connectivity index (χ2n) is 7.23. The van der Waals surface area contributed by atoms with E-state index in [0.29, 0.717) is 30.5 Å². The zero-order valence-electron chi connectivity index (χ0n) is 15.9. The number of nitrogens with one attached hydrogen (secondary N) is 1. The van der Waals surface area contributed by atoms with Gasteiger partial charge in [-0.05, 0) is 59.2 Å². The summed E-state index contributed by atoms with van der Waals surface area (Å²) in [4.78, 5) is 14.4. The van der Waals surface area contributed by atoms with Crippen LogP contribution in [0.25, 0.3) is 10.8 Å². The van der Waals surface area contributed by atoms with Crippen LogP contribution in [-0.2, 0) is 21.4 Å². The number of benzene rings is 3. The van der Waals surface area contributed by atoms with Crippen molar-refractivity contribution in [1.29, 1.82) is 5.26 Å². The Hall–Kier alpha value is -3.41. The molecule has 0 aromatic heterocycles. The maximum absolute atomic E-state index is 12.8. The van der Waals surface area contributed by atoms with Crippen LogP contribution >= 0.6 is 0 Å². The van der Waals surface area contributed by atoms with Crippen LogP contribution in [0.3, 0.4) is 0 Å². The van der Waals surface area contributed by atoms with Crippen LogP contribution < -0.4 is 4.72 Å². The number of hydrogen-bond acceptors (Lipinski definition) is 5. The van der Waals surface area contributed by atoms with Crippen LogP contribution in [0.2, 0.25) is 0 Å². The van der Waals surface area contributed by atoms with Gasteiger partial charge in [-0.3, -0.25) is 4.79 Å². The molecule has 0 aliphatic carbocycles. The minimum absolute atomic E-state index is 0.0357. The van der Waals surface area contributed by atoms with Crippen LogP contribution in [0.5, 0.6) is 5.75 Å². The number of phenols is 1. The molecule has 3 aromatic carbocycles. The van der Waals surface area contributed by atoms with Crippen LogP contribution in [0.4, 0.5) is 0 Å². The van der Waals surface area contributed by atoms with E-state index in [1.165, 1.54) is 24.3 Å². The largest absolute Gasteiger partial charge is 0.508 e. The van der Waals surface area contributed by atoms with Crippen molar-refractivity contribution < 1.29 is 18.3 Å². The number of carbonyl (C=O) groups is 1. The van der Waals surface area contributed by atoms with Crippen molar-refractivity contribution in [3.63, 3.8) is 0 Å². The molecule has 0 spiro atoms. The molecule has 1 saturated heterocycles. The van der Waals surface area contributed by atoms with Crippen molar-refractivity contribution >= 4 is 26.7 Å². The molecule has 1 atom stereocenters. The molecule has 30 heavy (non-hydrogen) atoms. The first-order valence-electron chi connectivity index (χ1n) is 9.39. The Balaban J connectivity index is 1.50. The van der Waals surface area contributed by atoms with Crippen molar-refractivity contribution in [1.82, 2.24) is 9.62 Å². The Morgan fingerprint density at radius 1 is 1.10 bits per heavy atom. The lowest BCUT2D eigenvalue weighted by atomic mass is 10.1. The molecule has 0 bridgehead atoms. The molecule has 0 unspecified atom stereocenters. The summed E-state index contributed by atoms with van der Waals surface area (Å²) in [6, 6.07) is 17.6. The predicted octanol–water partition coefficient (Wildman–Crippen LogP) is 2.50. The van der Waals surface area contributed by atoms with Gasteiger partial charge in [0.05, 0.1) is 16.5 Å². The second-order valence-corrected chi connectivity index (χ2v) is 8.94. The summed E-state index contributed by atoms with van der Waals surface area (Å²) in [5.41, 5.74) is 1.33. The number of aromatic hydroxyl groups is 1. The van der Waals surface area contributed by atoms with E-state index in [9.17, 15) is 18.3 Å². The van der Waals surface area contributed by atoms with Crippen LogP contribution in [0, 0.1) is 11.3 Å². The Morgan fingerprint density at radius 3 is 2.70 bits per heavy atom. The van der Waals surface area contributed by atoms with E-state index in [-0.39, 0.29) is 16.6 Å². The van der Waals surface area contributed by atoms with E-state index >= 15 is 0 Å². The first-order valence-corrected chi connectivity index (χ1v) is 10.9. The molecule has 1 aliphatic rings. The fraction of sp³-hybridized carbons (Fsp3) is 0.182. The number of likely N-dealkylation sites (tertiary alicyclic amines) is 1. The van der Waals surface area contributed by atoms with Gasteiger partial charge < -0.3 is 10.0 Å². The molecule has 1 heterocycles. The third-order valence-corrected chi connectivity index (χ3v) is 6.60.